The summed E-state index contributed by atoms with van der Waals surface area (Å²) >= 11 is 0. The number of hydrogen-bond acceptors (Lipinski definition) is 5. The van der Waals surface area contributed by atoms with Crippen LogP contribution < -0.4 is 20.1 Å². The average molecular weight is 570 g/mol. The first-order valence-corrected chi connectivity index (χ1v) is 14.7. The number of nitrogens with one attached hydrogen (secondary N) is 2. The minimum atomic E-state index is -0.324. The topological polar surface area (TPSA) is 81.6 Å². The van der Waals surface area contributed by atoms with Crippen molar-refractivity contribution in [3.63, 3.8) is 0 Å². The van der Waals surface area contributed by atoms with Gasteiger partial charge in [-0.05, 0) is 52.4 Å². The van der Waals surface area contributed by atoms with Gasteiger partial charge >= 0.3 is 0 Å². The van der Waals surface area contributed by atoms with Gasteiger partial charge in [-0.1, -0.05) is 62.4 Å². The van der Waals surface area contributed by atoms with Gasteiger partial charge in [0.25, 0.3) is 0 Å². The molecule has 3 aliphatic rings. The van der Waals surface area contributed by atoms with E-state index < -0.39 is 0 Å². The SMILES string of the molecule is CC1(C)CC(=O)C2=C(C1)c1c(ccc3ccccc13)N[C@@H]2c1cn(CC(=O)Nc2ccc3c(c2)OCO3)c2ccccc12. The van der Waals surface area contributed by atoms with Crippen molar-refractivity contribution in [2.75, 3.05) is 17.4 Å². The summed E-state index contributed by atoms with van der Waals surface area (Å²) in [6.45, 7) is 4.66. The Morgan fingerprint density at radius 1 is 0.953 bits per heavy atom. The Morgan fingerprint density at radius 3 is 2.63 bits per heavy atom. The van der Waals surface area contributed by atoms with E-state index in [9.17, 15) is 9.59 Å². The Morgan fingerprint density at radius 2 is 1.74 bits per heavy atom. The van der Waals surface area contributed by atoms with Crippen molar-refractivity contribution in [2.24, 2.45) is 5.41 Å². The zero-order valence-corrected chi connectivity index (χ0v) is 24.1. The molecule has 8 rings (SSSR count). The largest absolute Gasteiger partial charge is 0.454 e. The highest BCUT2D eigenvalue weighted by molar-refractivity contribution is 6.13. The fraction of sp³-hybridized carbons (Fsp3) is 0.222. The maximum absolute atomic E-state index is 14.0. The van der Waals surface area contributed by atoms with Gasteiger partial charge in [0.1, 0.15) is 6.54 Å². The Labute approximate surface area is 249 Å². The van der Waals surface area contributed by atoms with Gasteiger partial charge in [0.2, 0.25) is 12.7 Å². The Hall–Kier alpha value is -5.04. The minimum Gasteiger partial charge on any atom is -0.454 e. The normalized spacial score (nSPS) is 18.4. The number of Topliss-reactive ketones (excluding diaryl/α,β-unsaturated/α-hetero) is 1. The molecule has 3 heterocycles. The number of hydrogen-bond donors (Lipinski definition) is 2. The molecule has 214 valence electrons. The summed E-state index contributed by atoms with van der Waals surface area (Å²) in [5.41, 5.74) is 6.59. The lowest BCUT2D eigenvalue weighted by atomic mass is 9.68. The van der Waals surface area contributed by atoms with Crippen molar-refractivity contribution in [3.8, 4) is 11.5 Å². The number of nitrogens with zero attached hydrogens (tertiary/aromatic N) is 1. The molecule has 7 nitrogen and oxygen atoms in total. The predicted molar refractivity (Wildman–Crippen MR) is 168 cm³/mol. The van der Waals surface area contributed by atoms with E-state index in [1.807, 2.05) is 35.0 Å². The summed E-state index contributed by atoms with van der Waals surface area (Å²) < 4.78 is 12.8. The molecule has 1 aromatic heterocycles. The summed E-state index contributed by atoms with van der Waals surface area (Å²) in [7, 11) is 0. The molecule has 1 aliphatic carbocycles. The highest BCUT2D eigenvalue weighted by atomic mass is 16.7. The highest BCUT2D eigenvalue weighted by Gasteiger charge is 2.41. The average Bonchev–Trinajstić information content (AvgIpc) is 3.60. The lowest BCUT2D eigenvalue weighted by Gasteiger charge is -2.40. The van der Waals surface area contributed by atoms with Gasteiger partial charge < -0.3 is 24.7 Å². The lowest BCUT2D eigenvalue weighted by Crippen LogP contribution is -2.33. The van der Waals surface area contributed by atoms with Gasteiger partial charge in [0.15, 0.2) is 17.3 Å². The van der Waals surface area contributed by atoms with E-state index in [0.717, 1.165) is 56.1 Å². The number of benzene rings is 4. The molecule has 2 aliphatic heterocycles. The number of fused-ring (bicyclic) bond motifs is 6. The molecule has 1 amide bonds. The molecule has 0 radical (unpaired) electrons. The van der Waals surface area contributed by atoms with E-state index in [-0.39, 0.29) is 36.5 Å². The molecule has 0 saturated heterocycles. The molecule has 4 aromatic carbocycles. The summed E-state index contributed by atoms with van der Waals surface area (Å²) in [4.78, 5) is 27.3. The number of aromatic nitrogens is 1. The quantitative estimate of drug-likeness (QED) is 0.235. The van der Waals surface area contributed by atoms with Crippen LogP contribution in [-0.2, 0) is 16.1 Å². The molecular formula is C36H31N3O4. The van der Waals surface area contributed by atoms with Crippen molar-refractivity contribution >= 4 is 50.3 Å². The summed E-state index contributed by atoms with van der Waals surface area (Å²) in [5.74, 6) is 1.31. The summed E-state index contributed by atoms with van der Waals surface area (Å²) in [5, 5.41) is 10.1. The van der Waals surface area contributed by atoms with E-state index in [1.165, 1.54) is 0 Å². The molecule has 0 bridgehead atoms. The molecule has 43 heavy (non-hydrogen) atoms. The number of allylic oxidation sites excluding steroid dienone is 1. The van der Waals surface area contributed by atoms with Crippen LogP contribution in [0.4, 0.5) is 11.4 Å². The number of para-hydroxylation sites is 1. The van der Waals surface area contributed by atoms with Crippen LogP contribution >= 0.6 is 0 Å². The predicted octanol–water partition coefficient (Wildman–Crippen LogP) is 7.47. The van der Waals surface area contributed by atoms with E-state index in [0.29, 0.717) is 23.6 Å². The van der Waals surface area contributed by atoms with Crippen LogP contribution in [0.1, 0.15) is 43.9 Å². The molecule has 5 aromatic rings. The fourth-order valence-corrected chi connectivity index (χ4v) is 7.04. The third-order valence-electron chi connectivity index (χ3n) is 8.84. The minimum absolute atomic E-state index is 0.121. The molecule has 0 spiro atoms. The van der Waals surface area contributed by atoms with Crippen LogP contribution in [0.3, 0.4) is 0 Å². The Kier molecular flexibility index (Phi) is 5.66. The van der Waals surface area contributed by atoms with Gasteiger partial charge in [0, 0.05) is 57.7 Å². The molecule has 7 heteroatoms. The van der Waals surface area contributed by atoms with Crippen molar-refractivity contribution < 1.29 is 19.1 Å². The number of ketones is 1. The van der Waals surface area contributed by atoms with Gasteiger partial charge in [-0.3, -0.25) is 9.59 Å². The van der Waals surface area contributed by atoms with Crippen LogP contribution in [0.5, 0.6) is 11.5 Å². The monoisotopic (exact) mass is 569 g/mol. The van der Waals surface area contributed by atoms with Crippen molar-refractivity contribution in [1.82, 2.24) is 4.57 Å². The van der Waals surface area contributed by atoms with E-state index >= 15 is 0 Å². The molecule has 0 saturated carbocycles. The van der Waals surface area contributed by atoms with Gasteiger partial charge in [0.05, 0.1) is 6.04 Å². The van der Waals surface area contributed by atoms with E-state index in [2.05, 4.69) is 66.9 Å². The van der Waals surface area contributed by atoms with E-state index in [1.54, 1.807) is 12.1 Å². The number of carbonyl (C=O) groups excluding carboxylic acids is 2. The van der Waals surface area contributed by atoms with Crippen molar-refractivity contribution in [3.05, 3.63) is 102 Å². The third-order valence-corrected chi connectivity index (χ3v) is 8.84. The zero-order chi connectivity index (χ0) is 29.3. The van der Waals surface area contributed by atoms with Crippen LogP contribution in [0.2, 0.25) is 0 Å². The van der Waals surface area contributed by atoms with Crippen LogP contribution in [-0.4, -0.2) is 23.1 Å². The Bertz CT molecular complexity index is 2020. The number of anilines is 2. The maximum Gasteiger partial charge on any atom is 0.244 e. The molecule has 2 N–H and O–H groups in total. The van der Waals surface area contributed by atoms with Crippen molar-refractivity contribution in [1.29, 1.82) is 0 Å². The van der Waals surface area contributed by atoms with Crippen LogP contribution in [0.15, 0.2) is 90.6 Å². The first-order valence-electron chi connectivity index (χ1n) is 14.7. The second-order valence-electron chi connectivity index (χ2n) is 12.5. The summed E-state index contributed by atoms with van der Waals surface area (Å²) in [6.07, 6.45) is 3.36. The molecule has 1 atom stereocenters. The number of carbonyl (C=O) groups is 2. The Balaban J connectivity index is 1.21. The first-order chi connectivity index (χ1) is 20.8. The molecular weight excluding hydrogens is 538 g/mol. The number of rotatable bonds is 4. The van der Waals surface area contributed by atoms with Crippen molar-refractivity contribution in [2.45, 2.75) is 39.3 Å². The number of amides is 1. The smallest absolute Gasteiger partial charge is 0.244 e. The highest BCUT2D eigenvalue weighted by Crippen LogP contribution is 2.52. The first kappa shape index (κ1) is 25.7. The fourth-order valence-electron chi connectivity index (χ4n) is 7.04. The molecule has 0 unspecified atom stereocenters. The second-order valence-corrected chi connectivity index (χ2v) is 12.5. The summed E-state index contributed by atoms with van der Waals surface area (Å²) in [6, 6.07) is 25.8. The third kappa shape index (κ3) is 4.26. The van der Waals surface area contributed by atoms with E-state index in [4.69, 9.17) is 9.47 Å². The van der Waals surface area contributed by atoms with Gasteiger partial charge in [-0.2, -0.15) is 0 Å². The lowest BCUT2D eigenvalue weighted by molar-refractivity contribution is -0.118. The molecule has 0 fully saturated rings. The zero-order valence-electron chi connectivity index (χ0n) is 24.1. The van der Waals surface area contributed by atoms with Crippen LogP contribution in [0.25, 0.3) is 27.2 Å². The standard InChI is InChI=1S/C36H31N3O4/c1-36(2)16-25-33-23-8-4-3-7-21(23)11-13-27(33)38-35(34(25)29(40)17-36)26-18-39(28-10-6-5-9-24(26)28)19-32(41)37-22-12-14-30-31(15-22)43-20-42-30/h3-15,18,35,38H,16-17,19-20H2,1-2H3,(H,37,41)/t35-/m1/s1. The second kappa shape index (κ2) is 9.49. The maximum atomic E-state index is 14.0. The number of ether oxygens (including phenoxy) is 2. The van der Waals surface area contributed by atoms with Crippen LogP contribution in [0, 0.1) is 5.41 Å². The van der Waals surface area contributed by atoms with Gasteiger partial charge in [-0.15, -0.1) is 0 Å². The van der Waals surface area contributed by atoms with Gasteiger partial charge in [-0.25, -0.2) is 0 Å².